The highest BCUT2D eigenvalue weighted by molar-refractivity contribution is 5.95. The molecule has 1 aromatic carbocycles. The van der Waals surface area contributed by atoms with Crippen LogP contribution in [0.2, 0.25) is 0 Å². The Morgan fingerprint density at radius 3 is 2.22 bits per heavy atom. The van der Waals surface area contributed by atoms with Crippen LogP contribution in [0.3, 0.4) is 0 Å². The molecule has 1 aliphatic heterocycles. The molecule has 2 aromatic rings. The normalized spacial score (nSPS) is 27.2. The quantitative estimate of drug-likeness (QED) is 0.510. The van der Waals surface area contributed by atoms with Gasteiger partial charge in [-0.15, -0.1) is 0 Å². The molecule has 5 rings (SSSR count). The Morgan fingerprint density at radius 1 is 1.06 bits per heavy atom. The van der Waals surface area contributed by atoms with Crippen LogP contribution in [0.25, 0.3) is 0 Å². The van der Waals surface area contributed by atoms with E-state index >= 15 is 0 Å². The highest BCUT2D eigenvalue weighted by Gasteiger charge is 2.55. The smallest absolute Gasteiger partial charge is 0.317 e. The monoisotopic (exact) mass is 501 g/mol. The molecule has 1 saturated heterocycles. The van der Waals surface area contributed by atoms with Crippen LogP contribution in [0.1, 0.15) is 63.3 Å². The van der Waals surface area contributed by atoms with Gasteiger partial charge in [0.05, 0.1) is 30.2 Å². The van der Waals surface area contributed by atoms with Gasteiger partial charge in [0.25, 0.3) is 0 Å². The minimum Gasteiger partial charge on any atom is -0.317 e. The number of halogens is 3. The number of hydrogen-bond donors (Lipinski definition) is 0. The minimum absolute atomic E-state index is 0.0999. The summed E-state index contributed by atoms with van der Waals surface area (Å²) in [6.07, 6.45) is 4.58. The van der Waals surface area contributed by atoms with Gasteiger partial charge in [-0.3, -0.25) is 9.80 Å². The van der Waals surface area contributed by atoms with Crippen LogP contribution in [0.15, 0.2) is 42.7 Å². The molecule has 1 aromatic heterocycles. The highest BCUT2D eigenvalue weighted by Crippen LogP contribution is 2.50. The summed E-state index contributed by atoms with van der Waals surface area (Å²) >= 11 is 0. The number of aromatic nitrogens is 2. The van der Waals surface area contributed by atoms with Gasteiger partial charge >= 0.3 is 12.2 Å². The van der Waals surface area contributed by atoms with Gasteiger partial charge in [0.2, 0.25) is 5.82 Å². The average Bonchev–Trinajstić information content (AvgIpc) is 3.12. The second-order valence-electron chi connectivity index (χ2n) is 10.7. The highest BCUT2D eigenvalue weighted by atomic mass is 19.4. The standard InChI is InChI=1S/C27H34F3N5O/c1-3-33(2)26(21-10-5-4-6-11-21)14-12-25(13-15-26)19-34(24(36)35(25)18-20-8-7-9-20)22-16-31-23(32-17-22)27(28,29)30/h4-6,10-11,16-17,20H,3,7-9,12-15,18-19H2,1-2H3/t25-,26-. The number of rotatable bonds is 6. The summed E-state index contributed by atoms with van der Waals surface area (Å²) in [4.78, 5) is 26.8. The van der Waals surface area contributed by atoms with E-state index in [1.54, 1.807) is 4.90 Å². The first-order valence-corrected chi connectivity index (χ1v) is 12.9. The number of nitrogens with zero attached hydrogens (tertiary/aromatic N) is 5. The zero-order chi connectivity index (χ0) is 25.6. The molecule has 2 heterocycles. The van der Waals surface area contributed by atoms with Crippen molar-refractivity contribution in [3.05, 3.63) is 54.1 Å². The SMILES string of the molecule is CCN(C)[C@]1(c2ccccc2)CC[C@@]2(CC1)CN(c1cnc(C(F)(F)F)nc1)C(=O)N2CC1CCC1. The third-order valence-electron chi connectivity index (χ3n) is 8.88. The van der Waals surface area contributed by atoms with Crippen molar-refractivity contribution in [3.63, 3.8) is 0 Å². The van der Waals surface area contributed by atoms with Crippen LogP contribution in [0.5, 0.6) is 0 Å². The Balaban J connectivity index is 1.44. The summed E-state index contributed by atoms with van der Waals surface area (Å²) in [5.41, 5.74) is 1.18. The Morgan fingerprint density at radius 2 is 1.69 bits per heavy atom. The molecule has 1 spiro atoms. The Hall–Kier alpha value is -2.68. The Bertz CT molecular complexity index is 1060. The van der Waals surface area contributed by atoms with Crippen molar-refractivity contribution in [2.45, 2.75) is 69.1 Å². The van der Waals surface area contributed by atoms with Crippen LogP contribution in [0, 0.1) is 5.92 Å². The van der Waals surface area contributed by atoms with Gasteiger partial charge in [0.15, 0.2) is 0 Å². The lowest BCUT2D eigenvalue weighted by molar-refractivity contribution is -0.144. The number of alkyl halides is 3. The maximum atomic E-state index is 13.7. The van der Waals surface area contributed by atoms with Crippen molar-refractivity contribution in [2.75, 3.05) is 31.6 Å². The predicted octanol–water partition coefficient (Wildman–Crippen LogP) is 5.70. The largest absolute Gasteiger partial charge is 0.451 e. The van der Waals surface area contributed by atoms with E-state index in [9.17, 15) is 18.0 Å². The van der Waals surface area contributed by atoms with Gasteiger partial charge < -0.3 is 4.90 Å². The Kier molecular flexibility index (Phi) is 6.47. The molecule has 0 atom stereocenters. The van der Waals surface area contributed by atoms with Crippen molar-refractivity contribution in [2.24, 2.45) is 5.92 Å². The van der Waals surface area contributed by atoms with Gasteiger partial charge in [0.1, 0.15) is 0 Å². The second kappa shape index (κ2) is 9.32. The molecule has 3 aliphatic rings. The summed E-state index contributed by atoms with van der Waals surface area (Å²) < 4.78 is 39.0. The maximum Gasteiger partial charge on any atom is 0.451 e. The molecule has 9 heteroatoms. The van der Waals surface area contributed by atoms with E-state index in [0.29, 0.717) is 24.7 Å². The molecule has 0 bridgehead atoms. The molecule has 0 unspecified atom stereocenters. The number of amides is 2. The minimum atomic E-state index is -4.61. The number of benzene rings is 1. The molecular weight excluding hydrogens is 467 g/mol. The van der Waals surface area contributed by atoms with Crippen LogP contribution >= 0.6 is 0 Å². The lowest BCUT2D eigenvalue weighted by Crippen LogP contribution is -2.57. The first-order valence-electron chi connectivity index (χ1n) is 12.9. The zero-order valence-corrected chi connectivity index (χ0v) is 21.0. The molecule has 0 radical (unpaired) electrons. The topological polar surface area (TPSA) is 52.6 Å². The summed E-state index contributed by atoms with van der Waals surface area (Å²) in [6, 6.07) is 10.5. The first kappa shape index (κ1) is 25.0. The van der Waals surface area contributed by atoms with Crippen LogP contribution in [-0.2, 0) is 11.7 Å². The van der Waals surface area contributed by atoms with E-state index in [-0.39, 0.29) is 17.1 Å². The van der Waals surface area contributed by atoms with Crippen molar-refractivity contribution in [1.82, 2.24) is 19.8 Å². The van der Waals surface area contributed by atoms with Gasteiger partial charge in [-0.25, -0.2) is 14.8 Å². The summed E-state index contributed by atoms with van der Waals surface area (Å²) in [7, 11) is 2.17. The number of anilines is 1. The molecular formula is C27H34F3N5O. The summed E-state index contributed by atoms with van der Waals surface area (Å²) in [5.74, 6) is -0.694. The molecule has 194 valence electrons. The van der Waals surface area contributed by atoms with E-state index in [2.05, 4.69) is 53.1 Å². The van der Waals surface area contributed by atoms with Gasteiger partial charge in [-0.05, 0) is 63.6 Å². The van der Waals surface area contributed by atoms with Gasteiger partial charge in [0, 0.05) is 12.1 Å². The number of urea groups is 1. The Labute approximate surface area is 210 Å². The van der Waals surface area contributed by atoms with Crippen LogP contribution < -0.4 is 4.90 Å². The first-order chi connectivity index (χ1) is 17.2. The van der Waals surface area contributed by atoms with Crippen molar-refractivity contribution >= 4 is 11.7 Å². The average molecular weight is 502 g/mol. The van der Waals surface area contributed by atoms with Gasteiger partial charge in [-0.1, -0.05) is 43.7 Å². The number of carbonyl (C=O) groups is 1. The van der Waals surface area contributed by atoms with Crippen LogP contribution in [0.4, 0.5) is 23.7 Å². The van der Waals surface area contributed by atoms with Crippen LogP contribution in [-0.4, -0.2) is 58.0 Å². The van der Waals surface area contributed by atoms with E-state index in [4.69, 9.17) is 0 Å². The number of hydrogen-bond acceptors (Lipinski definition) is 4. The molecule has 6 nitrogen and oxygen atoms in total. The molecule has 36 heavy (non-hydrogen) atoms. The van der Waals surface area contributed by atoms with Crippen molar-refractivity contribution in [1.29, 1.82) is 0 Å². The fourth-order valence-electron chi connectivity index (χ4n) is 6.31. The van der Waals surface area contributed by atoms with E-state index in [1.165, 1.54) is 12.0 Å². The third kappa shape index (κ3) is 4.25. The maximum absolute atomic E-state index is 13.7. The molecule has 2 saturated carbocycles. The van der Waals surface area contributed by atoms with Crippen molar-refractivity contribution in [3.8, 4) is 0 Å². The predicted molar refractivity (Wildman–Crippen MR) is 131 cm³/mol. The van der Waals surface area contributed by atoms with Crippen molar-refractivity contribution < 1.29 is 18.0 Å². The van der Waals surface area contributed by atoms with E-state index in [1.807, 2.05) is 11.0 Å². The molecule has 0 N–H and O–H groups in total. The fraction of sp³-hybridized carbons (Fsp3) is 0.593. The lowest BCUT2D eigenvalue weighted by atomic mass is 9.68. The molecule has 3 fully saturated rings. The lowest BCUT2D eigenvalue weighted by Gasteiger charge is -2.52. The second-order valence-corrected chi connectivity index (χ2v) is 10.7. The van der Waals surface area contributed by atoms with E-state index in [0.717, 1.165) is 57.5 Å². The molecule has 2 aliphatic carbocycles. The van der Waals surface area contributed by atoms with Gasteiger partial charge in [-0.2, -0.15) is 13.2 Å². The summed E-state index contributed by atoms with van der Waals surface area (Å²) in [5, 5.41) is 0. The number of carbonyl (C=O) groups excluding carboxylic acids is 1. The third-order valence-corrected chi connectivity index (χ3v) is 8.88. The zero-order valence-electron chi connectivity index (χ0n) is 21.0. The fourth-order valence-corrected chi connectivity index (χ4v) is 6.31. The van der Waals surface area contributed by atoms with E-state index < -0.39 is 12.0 Å². The molecule has 2 amide bonds. The summed E-state index contributed by atoms with van der Waals surface area (Å²) in [6.45, 7) is 4.25.